The third kappa shape index (κ3) is 6.24. The van der Waals surface area contributed by atoms with Crippen molar-refractivity contribution in [3.63, 3.8) is 0 Å². The number of aliphatic hydroxyl groups is 1. The third-order valence-corrected chi connectivity index (χ3v) is 16.2. The normalized spacial score (nSPS) is 37.9. The molecule has 0 aliphatic heterocycles. The van der Waals surface area contributed by atoms with E-state index in [0.29, 0.717) is 48.2 Å². The minimum atomic E-state index is -0.517. The Bertz CT molecular complexity index is 1570. The molecule has 2 N–H and O–H groups in total. The molecule has 1 aromatic carbocycles. The lowest BCUT2D eigenvalue weighted by molar-refractivity contribution is -0.225. The van der Waals surface area contributed by atoms with Gasteiger partial charge in [0, 0.05) is 19.6 Å². The Hall–Kier alpha value is -2.44. The Morgan fingerprint density at radius 3 is 2.25 bits per heavy atom. The monoisotopic (exact) mass is 715 g/mol. The number of benzene rings is 1. The molecule has 0 spiro atoms. The number of carbonyl (C=O) groups excluding carboxylic acids is 2. The number of fused-ring (bicyclic) bond motifs is 7. The highest BCUT2D eigenvalue weighted by molar-refractivity contribution is 5.90. The lowest BCUT2D eigenvalue weighted by Crippen LogP contribution is -2.66. The van der Waals surface area contributed by atoms with E-state index in [1.54, 1.807) is 0 Å². The summed E-state index contributed by atoms with van der Waals surface area (Å²) < 4.78 is 5.64. The highest BCUT2D eigenvalue weighted by Gasteiger charge is 2.71. The van der Waals surface area contributed by atoms with E-state index in [1.807, 2.05) is 40.0 Å². The molecule has 52 heavy (non-hydrogen) atoms. The first-order chi connectivity index (χ1) is 24.2. The number of nitrogens with zero attached hydrogens (tertiary/aromatic N) is 1. The predicted octanol–water partition coefficient (Wildman–Crippen LogP) is 9.33. The molecular weight excluding hydrogens is 645 g/mol. The molecule has 5 aliphatic carbocycles. The van der Waals surface area contributed by atoms with Gasteiger partial charge >= 0.3 is 5.97 Å². The lowest BCUT2D eigenvalue weighted by atomic mass is 9.32. The van der Waals surface area contributed by atoms with Crippen molar-refractivity contribution < 1.29 is 19.4 Å². The van der Waals surface area contributed by atoms with Crippen LogP contribution in [0, 0.1) is 56.7 Å². The molecule has 6 heteroatoms. The highest BCUT2D eigenvalue weighted by atomic mass is 16.6. The van der Waals surface area contributed by atoms with E-state index in [-0.39, 0.29) is 45.6 Å². The largest absolute Gasteiger partial charge is 0.456 e. The smallest absolute Gasteiger partial charge is 0.338 e. The van der Waals surface area contributed by atoms with Gasteiger partial charge in [0.05, 0.1) is 17.6 Å². The molecule has 4 fully saturated rings. The van der Waals surface area contributed by atoms with Crippen LogP contribution in [0.3, 0.4) is 0 Å². The summed E-state index contributed by atoms with van der Waals surface area (Å²) in [5, 5.41) is 12.8. The quantitative estimate of drug-likeness (QED) is 0.197. The predicted molar refractivity (Wildman–Crippen MR) is 212 cm³/mol. The molecule has 4 saturated carbocycles. The van der Waals surface area contributed by atoms with Crippen LogP contribution >= 0.6 is 0 Å². The summed E-state index contributed by atoms with van der Waals surface area (Å²) >= 11 is 0. The number of allylic oxidation sites excluding steroid dienone is 3. The zero-order valence-electron chi connectivity index (χ0n) is 34.3. The molecule has 1 amide bonds. The van der Waals surface area contributed by atoms with Crippen molar-refractivity contribution in [1.29, 1.82) is 0 Å². The van der Waals surface area contributed by atoms with Crippen LogP contribution in [0.2, 0.25) is 0 Å². The fourth-order valence-corrected chi connectivity index (χ4v) is 13.6. The average molecular weight is 715 g/mol. The van der Waals surface area contributed by atoms with Crippen LogP contribution in [0.5, 0.6) is 0 Å². The van der Waals surface area contributed by atoms with Gasteiger partial charge < -0.3 is 20.1 Å². The minimum Gasteiger partial charge on any atom is -0.456 e. The number of nitrogens with one attached hydrogen (secondary N) is 1. The molecule has 9 unspecified atom stereocenters. The van der Waals surface area contributed by atoms with Crippen LogP contribution in [0.15, 0.2) is 42.5 Å². The van der Waals surface area contributed by atoms with Crippen molar-refractivity contribution in [3.05, 3.63) is 53.6 Å². The van der Waals surface area contributed by atoms with Gasteiger partial charge in [0.25, 0.3) is 0 Å². The van der Waals surface area contributed by atoms with Crippen molar-refractivity contribution in [2.45, 2.75) is 126 Å². The van der Waals surface area contributed by atoms with Gasteiger partial charge in [0.15, 0.2) is 0 Å². The maximum Gasteiger partial charge on any atom is 0.338 e. The van der Waals surface area contributed by atoms with E-state index in [9.17, 15) is 14.7 Å². The Morgan fingerprint density at radius 2 is 1.62 bits per heavy atom. The van der Waals surface area contributed by atoms with Gasteiger partial charge in [-0.3, -0.25) is 4.79 Å². The molecule has 0 aromatic heterocycles. The van der Waals surface area contributed by atoms with Crippen LogP contribution in [0.1, 0.15) is 136 Å². The minimum absolute atomic E-state index is 0.00106. The summed E-state index contributed by atoms with van der Waals surface area (Å²) in [4.78, 5) is 29.2. The molecule has 6 nitrogen and oxygen atoms in total. The van der Waals surface area contributed by atoms with E-state index in [0.717, 1.165) is 38.6 Å². The second-order valence-electron chi connectivity index (χ2n) is 20.2. The summed E-state index contributed by atoms with van der Waals surface area (Å²) in [5.74, 6) is 2.46. The molecule has 0 bridgehead atoms. The Labute approximate surface area is 315 Å². The molecule has 9 atom stereocenters. The summed E-state index contributed by atoms with van der Waals surface area (Å²) in [6.07, 6.45) is 12.7. The number of likely N-dealkylation sites (N-methyl/N-ethyl adjacent to an activating group) is 1. The van der Waals surface area contributed by atoms with Crippen molar-refractivity contribution in [2.75, 3.05) is 33.3 Å². The Balaban J connectivity index is 1.27. The third-order valence-electron chi connectivity index (χ3n) is 16.2. The average Bonchev–Trinajstić information content (AvgIpc) is 3.46. The van der Waals surface area contributed by atoms with Gasteiger partial charge in [-0.25, -0.2) is 4.79 Å². The van der Waals surface area contributed by atoms with Crippen LogP contribution in [0.4, 0.5) is 0 Å². The summed E-state index contributed by atoms with van der Waals surface area (Å²) in [6, 6.07) is 8.14. The summed E-state index contributed by atoms with van der Waals surface area (Å²) in [7, 11) is 2.01. The Morgan fingerprint density at radius 1 is 0.923 bits per heavy atom. The van der Waals surface area contributed by atoms with Gasteiger partial charge in [-0.1, -0.05) is 65.0 Å². The summed E-state index contributed by atoms with van der Waals surface area (Å²) in [6.45, 7) is 27.5. The number of rotatable bonds is 9. The fraction of sp³-hybridized carbons (Fsp3) is 0.739. The fourth-order valence-electron chi connectivity index (χ4n) is 13.6. The van der Waals surface area contributed by atoms with E-state index < -0.39 is 5.60 Å². The van der Waals surface area contributed by atoms with Crippen molar-refractivity contribution >= 4 is 17.4 Å². The van der Waals surface area contributed by atoms with E-state index in [4.69, 9.17) is 4.74 Å². The number of ether oxygens (including phenoxy) is 1. The maximum atomic E-state index is 14.4. The molecule has 0 saturated heterocycles. The topological polar surface area (TPSA) is 78.9 Å². The first kappa shape index (κ1) is 39.3. The molecule has 0 radical (unpaired) electrons. The van der Waals surface area contributed by atoms with Gasteiger partial charge in [0.1, 0.15) is 5.60 Å². The van der Waals surface area contributed by atoms with Gasteiger partial charge in [-0.2, -0.15) is 0 Å². The van der Waals surface area contributed by atoms with Crippen LogP contribution < -0.4 is 5.32 Å². The lowest BCUT2D eigenvalue weighted by Gasteiger charge is -2.72. The van der Waals surface area contributed by atoms with Crippen LogP contribution in [0.25, 0.3) is 5.57 Å². The standard InChI is InChI=1S/C46H70N2O4/c1-30(2)33-18-23-46(40(51)47-26-27-48(11)28-29-49)25-24-44(9)35(38(33)46)16-17-37-43(8)21-19-34(42(6,7)36(43)20-22-45(37,44)10)31-12-14-32(15-13-31)39(50)52-41(3,4)5/h12-15,19,33,35-38,49H,1,16-18,20-29H2,2-11H3,(H,47,51). The number of amides is 1. The molecule has 288 valence electrons. The number of carbonyl (C=O) groups is 2. The van der Waals surface area contributed by atoms with Crippen molar-refractivity contribution in [2.24, 2.45) is 56.7 Å². The molecule has 6 rings (SSSR count). The van der Waals surface area contributed by atoms with Crippen LogP contribution in [-0.2, 0) is 9.53 Å². The number of esters is 1. The van der Waals surface area contributed by atoms with Gasteiger partial charge in [-0.05, 0) is 167 Å². The summed E-state index contributed by atoms with van der Waals surface area (Å²) in [5.41, 5.74) is 4.25. The van der Waals surface area contributed by atoms with E-state index in [2.05, 4.69) is 76.5 Å². The second kappa shape index (κ2) is 13.7. The highest BCUT2D eigenvalue weighted by Crippen LogP contribution is 2.77. The van der Waals surface area contributed by atoms with E-state index in [1.165, 1.54) is 42.4 Å². The SMILES string of the molecule is C=C(C)C1CCC2(C(=O)NCCN(C)CCO)CCC3(C)C(CCC4C5(C)CC=C(c6ccc(C(=O)OC(C)(C)C)cc6)C(C)(C)C5CCC43C)C12. The van der Waals surface area contributed by atoms with Gasteiger partial charge in [0.2, 0.25) is 5.91 Å². The van der Waals surface area contributed by atoms with Gasteiger partial charge in [-0.15, -0.1) is 0 Å². The maximum absolute atomic E-state index is 14.4. The molecule has 0 heterocycles. The first-order valence-electron chi connectivity index (χ1n) is 20.5. The molecule has 1 aromatic rings. The Kier molecular flexibility index (Phi) is 10.3. The van der Waals surface area contributed by atoms with Crippen molar-refractivity contribution in [3.8, 4) is 0 Å². The molecule has 5 aliphatic rings. The number of hydrogen-bond donors (Lipinski definition) is 2. The molecular formula is C46H70N2O4. The second-order valence-corrected chi connectivity index (χ2v) is 20.2. The number of hydrogen-bond acceptors (Lipinski definition) is 5. The number of aliphatic hydroxyl groups excluding tert-OH is 1. The van der Waals surface area contributed by atoms with Crippen LogP contribution in [-0.4, -0.2) is 60.8 Å². The first-order valence-corrected chi connectivity index (χ1v) is 20.5. The zero-order chi connectivity index (χ0) is 38.1. The van der Waals surface area contributed by atoms with Crippen molar-refractivity contribution in [1.82, 2.24) is 10.2 Å². The van der Waals surface area contributed by atoms with E-state index >= 15 is 0 Å². The zero-order valence-corrected chi connectivity index (χ0v) is 34.3.